The van der Waals surface area contributed by atoms with Gasteiger partial charge in [0.05, 0.1) is 17.7 Å². The highest BCUT2D eigenvalue weighted by molar-refractivity contribution is 5.96. The van der Waals surface area contributed by atoms with E-state index in [2.05, 4.69) is 15.5 Å². The lowest BCUT2D eigenvalue weighted by molar-refractivity contribution is -0.115. The highest BCUT2D eigenvalue weighted by Gasteiger charge is 2.12. The Bertz CT molecular complexity index is 873. The summed E-state index contributed by atoms with van der Waals surface area (Å²) in [7, 11) is 0. The summed E-state index contributed by atoms with van der Waals surface area (Å²) in [6.45, 7) is 0. The third-order valence-corrected chi connectivity index (χ3v) is 3.56. The lowest BCUT2D eigenvalue weighted by Crippen LogP contribution is -2.16. The van der Waals surface area contributed by atoms with Crippen molar-refractivity contribution in [2.45, 2.75) is 6.42 Å². The van der Waals surface area contributed by atoms with Crippen LogP contribution in [0.1, 0.15) is 15.9 Å². The smallest absolute Gasteiger partial charge is 0.335 e. The summed E-state index contributed by atoms with van der Waals surface area (Å²) in [5.41, 5.74) is 3.00. The highest BCUT2D eigenvalue weighted by Crippen LogP contribution is 2.20. The molecule has 0 radical (unpaired) electrons. The molecule has 1 amide bonds. The number of aromatic carboxylic acids is 1. The van der Waals surface area contributed by atoms with Gasteiger partial charge in [0, 0.05) is 17.4 Å². The van der Waals surface area contributed by atoms with Crippen LogP contribution in [0.5, 0.6) is 0 Å². The average Bonchev–Trinajstić information content (AvgIpc) is 3.10. The van der Waals surface area contributed by atoms with E-state index in [1.165, 1.54) is 6.07 Å². The van der Waals surface area contributed by atoms with Crippen LogP contribution in [0.2, 0.25) is 0 Å². The van der Waals surface area contributed by atoms with Gasteiger partial charge >= 0.3 is 5.97 Å². The Morgan fingerprint density at radius 3 is 2.67 bits per heavy atom. The predicted octanol–water partition coefficient (Wildman–Crippen LogP) is 2.96. The summed E-state index contributed by atoms with van der Waals surface area (Å²) >= 11 is 0. The summed E-state index contributed by atoms with van der Waals surface area (Å²) in [5, 5.41) is 18.7. The molecule has 3 aromatic rings. The molecule has 6 heteroatoms. The third-order valence-electron chi connectivity index (χ3n) is 3.56. The van der Waals surface area contributed by atoms with Crippen molar-refractivity contribution >= 4 is 17.6 Å². The average molecular weight is 321 g/mol. The van der Waals surface area contributed by atoms with Crippen LogP contribution < -0.4 is 5.32 Å². The third kappa shape index (κ3) is 3.49. The normalized spacial score (nSPS) is 10.3. The van der Waals surface area contributed by atoms with E-state index in [1.807, 2.05) is 24.3 Å². The maximum Gasteiger partial charge on any atom is 0.335 e. The second-order valence-corrected chi connectivity index (χ2v) is 5.24. The molecule has 0 fully saturated rings. The van der Waals surface area contributed by atoms with E-state index in [0.29, 0.717) is 11.3 Å². The lowest BCUT2D eigenvalue weighted by atomic mass is 10.0. The first kappa shape index (κ1) is 15.5. The minimum Gasteiger partial charge on any atom is -0.478 e. The first-order valence-corrected chi connectivity index (χ1v) is 7.34. The maximum atomic E-state index is 12.2. The standard InChI is InChI=1S/C18H15N3O3/c22-17(11-12-4-1-2-7-15(12)18(23)24)20-14-6-3-5-13(10-14)16-8-9-19-21-16/h1-10H,11H2,(H,19,21)(H,20,22)(H,23,24). The molecule has 6 nitrogen and oxygen atoms in total. The van der Waals surface area contributed by atoms with Gasteiger partial charge in [0.2, 0.25) is 5.91 Å². The number of nitrogens with zero attached hydrogens (tertiary/aromatic N) is 1. The number of H-pyrrole nitrogens is 1. The molecule has 2 aromatic carbocycles. The van der Waals surface area contributed by atoms with Gasteiger partial charge in [0.15, 0.2) is 0 Å². The number of anilines is 1. The molecule has 0 unspecified atom stereocenters. The van der Waals surface area contributed by atoms with Crippen LogP contribution in [0.3, 0.4) is 0 Å². The number of carboxylic acid groups (broad SMARTS) is 1. The Morgan fingerprint density at radius 1 is 1.08 bits per heavy atom. The number of carbonyl (C=O) groups excluding carboxylic acids is 1. The SMILES string of the molecule is O=C(Cc1ccccc1C(=O)O)Nc1cccc(-c2ccn[nH]2)c1. The van der Waals surface area contributed by atoms with E-state index in [9.17, 15) is 9.59 Å². The quantitative estimate of drug-likeness (QED) is 0.673. The molecule has 0 saturated heterocycles. The molecule has 1 heterocycles. The van der Waals surface area contributed by atoms with Crippen molar-refractivity contribution in [2.75, 3.05) is 5.32 Å². The van der Waals surface area contributed by atoms with Crippen molar-refractivity contribution in [2.24, 2.45) is 0 Å². The summed E-state index contributed by atoms with van der Waals surface area (Å²) in [6.07, 6.45) is 1.65. The van der Waals surface area contributed by atoms with Gasteiger partial charge in [0.1, 0.15) is 0 Å². The van der Waals surface area contributed by atoms with Crippen molar-refractivity contribution < 1.29 is 14.7 Å². The molecule has 0 aliphatic rings. The molecule has 0 bridgehead atoms. The molecule has 24 heavy (non-hydrogen) atoms. The number of aromatic amines is 1. The van der Waals surface area contributed by atoms with Gasteiger partial charge in [0.25, 0.3) is 0 Å². The van der Waals surface area contributed by atoms with E-state index >= 15 is 0 Å². The van der Waals surface area contributed by atoms with Gasteiger partial charge in [-0.1, -0.05) is 30.3 Å². The van der Waals surface area contributed by atoms with Crippen LogP contribution in [-0.2, 0) is 11.2 Å². The first-order chi connectivity index (χ1) is 11.6. The fourth-order valence-electron chi connectivity index (χ4n) is 2.44. The Morgan fingerprint density at radius 2 is 1.92 bits per heavy atom. The maximum absolute atomic E-state index is 12.2. The van der Waals surface area contributed by atoms with Crippen LogP contribution in [0.25, 0.3) is 11.3 Å². The van der Waals surface area contributed by atoms with Crippen molar-refractivity contribution in [1.82, 2.24) is 10.2 Å². The number of hydrogen-bond donors (Lipinski definition) is 3. The zero-order chi connectivity index (χ0) is 16.9. The van der Waals surface area contributed by atoms with E-state index in [0.717, 1.165) is 11.3 Å². The first-order valence-electron chi connectivity index (χ1n) is 7.34. The number of hydrogen-bond acceptors (Lipinski definition) is 3. The Hall–Kier alpha value is -3.41. The van der Waals surface area contributed by atoms with Crippen molar-refractivity contribution in [3.05, 3.63) is 71.9 Å². The van der Waals surface area contributed by atoms with Crippen LogP contribution >= 0.6 is 0 Å². The van der Waals surface area contributed by atoms with E-state index < -0.39 is 5.97 Å². The van der Waals surface area contributed by atoms with E-state index in [4.69, 9.17) is 5.11 Å². The second kappa shape index (κ2) is 6.78. The monoisotopic (exact) mass is 321 g/mol. The van der Waals surface area contributed by atoms with Gasteiger partial charge in [-0.05, 0) is 29.8 Å². The number of nitrogens with one attached hydrogen (secondary N) is 2. The highest BCUT2D eigenvalue weighted by atomic mass is 16.4. The zero-order valence-corrected chi connectivity index (χ0v) is 12.7. The molecular weight excluding hydrogens is 306 g/mol. The molecule has 0 atom stereocenters. The molecular formula is C18H15N3O3. The predicted molar refractivity (Wildman–Crippen MR) is 89.8 cm³/mol. The van der Waals surface area contributed by atoms with Gasteiger partial charge in [-0.2, -0.15) is 5.10 Å². The topological polar surface area (TPSA) is 95.1 Å². The summed E-state index contributed by atoms with van der Waals surface area (Å²) in [6, 6.07) is 15.7. The fourth-order valence-corrected chi connectivity index (χ4v) is 2.44. The minimum absolute atomic E-state index is 0.00322. The van der Waals surface area contributed by atoms with Crippen LogP contribution in [0.4, 0.5) is 5.69 Å². The van der Waals surface area contributed by atoms with E-state index in [-0.39, 0.29) is 17.9 Å². The molecule has 0 aliphatic heterocycles. The van der Waals surface area contributed by atoms with Crippen molar-refractivity contribution in [3.8, 4) is 11.3 Å². The van der Waals surface area contributed by atoms with Crippen LogP contribution in [0, 0.1) is 0 Å². The number of amides is 1. The van der Waals surface area contributed by atoms with Crippen LogP contribution in [-0.4, -0.2) is 27.2 Å². The lowest BCUT2D eigenvalue weighted by Gasteiger charge is -2.08. The van der Waals surface area contributed by atoms with Crippen molar-refractivity contribution in [3.63, 3.8) is 0 Å². The van der Waals surface area contributed by atoms with Gasteiger partial charge in [-0.15, -0.1) is 0 Å². The second-order valence-electron chi connectivity index (χ2n) is 5.24. The Kier molecular flexibility index (Phi) is 4.38. The van der Waals surface area contributed by atoms with E-state index in [1.54, 1.807) is 30.5 Å². The Balaban J connectivity index is 1.74. The van der Waals surface area contributed by atoms with Gasteiger partial charge < -0.3 is 10.4 Å². The molecule has 0 saturated carbocycles. The summed E-state index contributed by atoms with van der Waals surface area (Å²) < 4.78 is 0. The number of carboxylic acids is 1. The van der Waals surface area contributed by atoms with Gasteiger partial charge in [-0.25, -0.2) is 4.79 Å². The number of carbonyl (C=O) groups is 2. The number of rotatable bonds is 5. The van der Waals surface area contributed by atoms with Gasteiger partial charge in [-0.3, -0.25) is 9.89 Å². The zero-order valence-electron chi connectivity index (χ0n) is 12.7. The largest absolute Gasteiger partial charge is 0.478 e. The molecule has 0 spiro atoms. The number of benzene rings is 2. The molecule has 3 N–H and O–H groups in total. The van der Waals surface area contributed by atoms with Crippen LogP contribution in [0.15, 0.2) is 60.8 Å². The molecule has 0 aliphatic carbocycles. The van der Waals surface area contributed by atoms with Crippen molar-refractivity contribution in [1.29, 1.82) is 0 Å². The molecule has 3 rings (SSSR count). The minimum atomic E-state index is -1.04. The fraction of sp³-hybridized carbons (Fsp3) is 0.0556. The Labute approximate surface area is 138 Å². The summed E-state index contributed by atoms with van der Waals surface area (Å²) in [4.78, 5) is 23.4. The summed E-state index contributed by atoms with van der Waals surface area (Å²) in [5.74, 6) is -1.31. The number of aromatic nitrogens is 2. The molecule has 120 valence electrons. The molecule has 1 aromatic heterocycles.